The van der Waals surface area contributed by atoms with Gasteiger partial charge in [0, 0.05) is 17.7 Å². The SMILES string of the molecule is CCCCC1CCC(C2CCC(C(F)(F)Oc3cc(F)c(C)c(F)c3)CC2)CC1. The maximum Gasteiger partial charge on any atom is 0.400 e. The van der Waals surface area contributed by atoms with Crippen molar-refractivity contribution < 1.29 is 22.3 Å². The molecule has 0 heterocycles. The van der Waals surface area contributed by atoms with Crippen molar-refractivity contribution >= 4 is 0 Å². The van der Waals surface area contributed by atoms with Crippen molar-refractivity contribution in [1.29, 1.82) is 0 Å². The third-order valence-corrected chi connectivity index (χ3v) is 7.28. The number of ether oxygens (including phenoxy) is 1. The fourth-order valence-electron chi connectivity index (χ4n) is 5.29. The molecule has 2 aliphatic carbocycles. The highest BCUT2D eigenvalue weighted by Gasteiger charge is 2.45. The summed E-state index contributed by atoms with van der Waals surface area (Å²) in [5.74, 6) is -1.01. The van der Waals surface area contributed by atoms with E-state index in [4.69, 9.17) is 4.74 Å². The Kier molecular flexibility index (Phi) is 7.50. The predicted molar refractivity (Wildman–Crippen MR) is 107 cm³/mol. The molecule has 5 heteroatoms. The van der Waals surface area contributed by atoms with Gasteiger partial charge in [0.1, 0.15) is 17.4 Å². The molecule has 1 nitrogen and oxygen atoms in total. The van der Waals surface area contributed by atoms with Crippen LogP contribution < -0.4 is 4.74 Å². The van der Waals surface area contributed by atoms with Gasteiger partial charge in [-0.15, -0.1) is 0 Å². The van der Waals surface area contributed by atoms with E-state index in [-0.39, 0.29) is 5.56 Å². The summed E-state index contributed by atoms with van der Waals surface area (Å²) in [6.07, 6.45) is 7.94. The normalized spacial score (nSPS) is 28.3. The van der Waals surface area contributed by atoms with E-state index in [1.165, 1.54) is 51.9 Å². The molecule has 0 radical (unpaired) electrons. The van der Waals surface area contributed by atoms with E-state index >= 15 is 0 Å². The minimum absolute atomic E-state index is 0.189. The molecule has 1 aromatic carbocycles. The van der Waals surface area contributed by atoms with Crippen LogP contribution in [0.4, 0.5) is 17.6 Å². The zero-order chi connectivity index (χ0) is 21.0. The Morgan fingerprint density at radius 1 is 0.897 bits per heavy atom. The van der Waals surface area contributed by atoms with Crippen LogP contribution in [0.25, 0.3) is 0 Å². The molecule has 0 N–H and O–H groups in total. The Labute approximate surface area is 172 Å². The molecule has 29 heavy (non-hydrogen) atoms. The molecule has 0 aromatic heterocycles. The molecule has 164 valence electrons. The third-order valence-electron chi connectivity index (χ3n) is 7.28. The molecule has 0 bridgehead atoms. The number of benzene rings is 1. The monoisotopic (exact) mass is 414 g/mol. The number of hydrogen-bond acceptors (Lipinski definition) is 1. The van der Waals surface area contributed by atoms with Crippen LogP contribution in [0.3, 0.4) is 0 Å². The predicted octanol–water partition coefficient (Wildman–Crippen LogP) is 8.05. The van der Waals surface area contributed by atoms with Crippen LogP contribution in [0, 0.1) is 42.2 Å². The summed E-state index contributed by atoms with van der Waals surface area (Å²) in [6.45, 7) is 3.50. The van der Waals surface area contributed by atoms with Crippen molar-refractivity contribution in [3.8, 4) is 5.75 Å². The lowest BCUT2D eigenvalue weighted by Gasteiger charge is -2.39. The second kappa shape index (κ2) is 9.70. The smallest absolute Gasteiger partial charge is 0.400 e. The van der Waals surface area contributed by atoms with Crippen LogP contribution >= 0.6 is 0 Å². The van der Waals surface area contributed by atoms with Gasteiger partial charge in [0.25, 0.3) is 0 Å². The molecular formula is C24H34F4O. The number of rotatable bonds is 7. The quantitative estimate of drug-likeness (QED) is 0.410. The summed E-state index contributed by atoms with van der Waals surface area (Å²) in [5.41, 5.74) is -0.189. The topological polar surface area (TPSA) is 9.23 Å². The maximum absolute atomic E-state index is 14.6. The molecule has 0 amide bonds. The summed E-state index contributed by atoms with van der Waals surface area (Å²) in [6, 6.07) is 1.68. The highest BCUT2D eigenvalue weighted by molar-refractivity contribution is 5.30. The van der Waals surface area contributed by atoms with E-state index < -0.39 is 29.4 Å². The summed E-state index contributed by atoms with van der Waals surface area (Å²) >= 11 is 0. The van der Waals surface area contributed by atoms with Crippen molar-refractivity contribution in [2.75, 3.05) is 0 Å². The number of unbranched alkanes of at least 4 members (excludes halogenated alkanes) is 1. The Bertz CT molecular complexity index is 636. The molecular weight excluding hydrogens is 380 g/mol. The van der Waals surface area contributed by atoms with Gasteiger partial charge >= 0.3 is 6.11 Å². The van der Waals surface area contributed by atoms with E-state index in [0.717, 1.165) is 30.9 Å². The van der Waals surface area contributed by atoms with Gasteiger partial charge in [-0.05, 0) is 63.2 Å². The summed E-state index contributed by atoms with van der Waals surface area (Å²) in [7, 11) is 0. The Balaban J connectivity index is 1.49. The maximum atomic E-state index is 14.6. The first kappa shape index (κ1) is 22.4. The third kappa shape index (κ3) is 5.67. The standard InChI is InChI=1S/C24H34F4O/c1-3-4-5-17-6-8-18(9-7-17)19-10-12-20(13-11-19)24(27,28)29-21-14-22(25)16(2)23(26)15-21/h14-15,17-20H,3-13H2,1-2H3. The van der Waals surface area contributed by atoms with Crippen LogP contribution in [0.15, 0.2) is 12.1 Å². The summed E-state index contributed by atoms with van der Waals surface area (Å²) < 4.78 is 61.3. The average molecular weight is 415 g/mol. The summed E-state index contributed by atoms with van der Waals surface area (Å²) in [4.78, 5) is 0. The minimum atomic E-state index is -3.41. The zero-order valence-corrected chi connectivity index (χ0v) is 17.7. The summed E-state index contributed by atoms with van der Waals surface area (Å²) in [5, 5.41) is 0. The van der Waals surface area contributed by atoms with E-state index in [0.29, 0.717) is 24.7 Å². The van der Waals surface area contributed by atoms with Crippen LogP contribution in [0.5, 0.6) is 5.75 Å². The average Bonchev–Trinajstić information content (AvgIpc) is 2.70. The molecule has 0 aliphatic heterocycles. The molecule has 0 atom stereocenters. The van der Waals surface area contributed by atoms with Gasteiger partial charge in [-0.2, -0.15) is 8.78 Å². The van der Waals surface area contributed by atoms with Crippen LogP contribution in [0.2, 0.25) is 0 Å². The fraction of sp³-hybridized carbons (Fsp3) is 0.750. The first-order chi connectivity index (χ1) is 13.8. The van der Waals surface area contributed by atoms with Gasteiger partial charge in [0.05, 0.1) is 5.92 Å². The van der Waals surface area contributed by atoms with Gasteiger partial charge in [-0.1, -0.05) is 39.0 Å². The van der Waals surface area contributed by atoms with Gasteiger partial charge < -0.3 is 4.74 Å². The van der Waals surface area contributed by atoms with E-state index in [1.807, 2.05) is 0 Å². The van der Waals surface area contributed by atoms with Gasteiger partial charge in [-0.25, -0.2) is 8.78 Å². The van der Waals surface area contributed by atoms with Gasteiger partial charge in [0.15, 0.2) is 0 Å². The number of halogens is 4. The van der Waals surface area contributed by atoms with Crippen molar-refractivity contribution in [2.45, 2.75) is 90.6 Å². The molecule has 0 unspecified atom stereocenters. The van der Waals surface area contributed by atoms with Crippen molar-refractivity contribution in [1.82, 2.24) is 0 Å². The second-order valence-electron chi connectivity index (χ2n) is 9.21. The van der Waals surface area contributed by atoms with Crippen LogP contribution in [0.1, 0.15) is 83.1 Å². The molecule has 1 aromatic rings. The lowest BCUT2D eigenvalue weighted by atomic mass is 9.68. The van der Waals surface area contributed by atoms with E-state index in [9.17, 15) is 17.6 Å². The highest BCUT2D eigenvalue weighted by atomic mass is 19.3. The largest absolute Gasteiger partial charge is 0.432 e. The number of alkyl halides is 2. The second-order valence-corrected chi connectivity index (χ2v) is 9.21. The molecule has 2 aliphatic rings. The van der Waals surface area contributed by atoms with Crippen LogP contribution in [-0.2, 0) is 0 Å². The molecule has 0 spiro atoms. The van der Waals surface area contributed by atoms with Crippen molar-refractivity contribution in [2.24, 2.45) is 23.7 Å². The Morgan fingerprint density at radius 2 is 1.41 bits per heavy atom. The van der Waals surface area contributed by atoms with E-state index in [1.54, 1.807) is 0 Å². The fourth-order valence-corrected chi connectivity index (χ4v) is 5.29. The Morgan fingerprint density at radius 3 is 1.93 bits per heavy atom. The zero-order valence-electron chi connectivity index (χ0n) is 17.7. The lowest BCUT2D eigenvalue weighted by Crippen LogP contribution is -2.38. The van der Waals surface area contributed by atoms with Gasteiger partial charge in [0.2, 0.25) is 0 Å². The molecule has 2 fully saturated rings. The first-order valence-electron chi connectivity index (χ1n) is 11.3. The number of hydrogen-bond donors (Lipinski definition) is 0. The highest BCUT2D eigenvalue weighted by Crippen LogP contribution is 2.46. The Hall–Kier alpha value is -1.26. The van der Waals surface area contributed by atoms with E-state index in [2.05, 4.69) is 6.92 Å². The molecule has 3 rings (SSSR count). The molecule has 2 saturated carbocycles. The first-order valence-corrected chi connectivity index (χ1v) is 11.3. The van der Waals surface area contributed by atoms with Crippen LogP contribution in [-0.4, -0.2) is 6.11 Å². The van der Waals surface area contributed by atoms with Crippen molar-refractivity contribution in [3.05, 3.63) is 29.3 Å². The minimum Gasteiger partial charge on any atom is -0.432 e. The molecule has 0 saturated heterocycles. The van der Waals surface area contributed by atoms with Crippen molar-refractivity contribution in [3.63, 3.8) is 0 Å². The van der Waals surface area contributed by atoms with Gasteiger partial charge in [-0.3, -0.25) is 0 Å². The lowest BCUT2D eigenvalue weighted by molar-refractivity contribution is -0.224.